The van der Waals surface area contributed by atoms with Crippen LogP contribution in [-0.2, 0) is 4.79 Å². The molecule has 1 aromatic rings. The maximum absolute atomic E-state index is 11.6. The largest absolute Gasteiger partial charge is 0.389 e. The average Bonchev–Trinajstić information content (AvgIpc) is 2.27. The summed E-state index contributed by atoms with van der Waals surface area (Å²) < 4.78 is 0. The molecule has 3 N–H and O–H groups in total. The summed E-state index contributed by atoms with van der Waals surface area (Å²) in [4.78, 5) is 17.9. The molecule has 0 aliphatic carbocycles. The minimum Gasteiger partial charge on any atom is -0.389 e. The van der Waals surface area contributed by atoms with Gasteiger partial charge in [0, 0.05) is 24.8 Å². The summed E-state index contributed by atoms with van der Waals surface area (Å²) in [6.45, 7) is 4.11. The molecule has 1 rings (SSSR count). The molecule has 1 heterocycles. The van der Waals surface area contributed by atoms with Crippen molar-refractivity contribution in [1.29, 1.82) is 0 Å². The summed E-state index contributed by atoms with van der Waals surface area (Å²) in [6.07, 6.45) is 1.61. The Morgan fingerprint density at radius 1 is 1.56 bits per heavy atom. The van der Waals surface area contributed by atoms with Gasteiger partial charge in [0.25, 0.3) is 0 Å². The molecule has 1 amide bonds. The van der Waals surface area contributed by atoms with Crippen LogP contribution in [0.1, 0.15) is 19.4 Å². The predicted octanol–water partition coefficient (Wildman–Crippen LogP) is 0.677. The molecule has 0 bridgehead atoms. The summed E-state index contributed by atoms with van der Waals surface area (Å²) in [5.41, 5.74) is 6.21. The molecule has 98 valence electrons. The molecular formula is C12H18N4OS. The first-order chi connectivity index (χ1) is 8.40. The van der Waals surface area contributed by atoms with Crippen LogP contribution in [-0.4, -0.2) is 35.5 Å². The Labute approximate surface area is 112 Å². The molecule has 18 heavy (non-hydrogen) atoms. The fourth-order valence-corrected chi connectivity index (χ4v) is 1.54. The fraction of sp³-hybridized carbons (Fsp3) is 0.417. The summed E-state index contributed by atoms with van der Waals surface area (Å²) in [7, 11) is 1.81. The third-order valence-electron chi connectivity index (χ3n) is 2.25. The third-order valence-corrected chi connectivity index (χ3v) is 2.49. The minimum atomic E-state index is -0.0345. The van der Waals surface area contributed by atoms with E-state index in [9.17, 15) is 4.79 Å². The van der Waals surface area contributed by atoms with Crippen LogP contribution in [0.25, 0.3) is 0 Å². The van der Waals surface area contributed by atoms with Gasteiger partial charge in [-0.2, -0.15) is 0 Å². The molecule has 0 saturated carbocycles. The van der Waals surface area contributed by atoms with Crippen LogP contribution in [0.2, 0.25) is 0 Å². The smallest absolute Gasteiger partial charge is 0.239 e. The minimum absolute atomic E-state index is 0.0345. The third kappa shape index (κ3) is 4.29. The fourth-order valence-electron chi connectivity index (χ4n) is 1.42. The highest BCUT2D eigenvalue weighted by Crippen LogP contribution is 2.09. The molecular weight excluding hydrogens is 248 g/mol. The van der Waals surface area contributed by atoms with Crippen molar-refractivity contribution in [3.63, 3.8) is 0 Å². The molecule has 0 saturated heterocycles. The summed E-state index contributed by atoms with van der Waals surface area (Å²) in [6, 6.07) is 3.72. The number of nitrogens with zero attached hydrogens (tertiary/aromatic N) is 2. The van der Waals surface area contributed by atoms with Gasteiger partial charge in [0.05, 0.1) is 6.54 Å². The Morgan fingerprint density at radius 3 is 2.67 bits per heavy atom. The molecule has 0 aromatic carbocycles. The van der Waals surface area contributed by atoms with E-state index in [0.717, 1.165) is 0 Å². The number of carbonyl (C=O) groups is 1. The number of thiocarbonyl (C=S) groups is 1. The zero-order valence-electron chi connectivity index (χ0n) is 10.8. The van der Waals surface area contributed by atoms with Crippen molar-refractivity contribution in [2.45, 2.75) is 19.9 Å². The number of nitrogens with two attached hydrogens (primary N) is 1. The van der Waals surface area contributed by atoms with Gasteiger partial charge in [-0.1, -0.05) is 12.2 Å². The van der Waals surface area contributed by atoms with Crippen LogP contribution in [0.3, 0.4) is 0 Å². The lowest BCUT2D eigenvalue weighted by Gasteiger charge is -2.18. The Bertz CT molecular complexity index is 430. The SMILES string of the molecule is CC(C)NC(=O)CN(C)c1ccc(C(N)=S)cn1. The second-order valence-electron chi connectivity index (χ2n) is 4.35. The van der Waals surface area contributed by atoms with Gasteiger partial charge in [0.2, 0.25) is 5.91 Å². The van der Waals surface area contributed by atoms with E-state index in [2.05, 4.69) is 10.3 Å². The van der Waals surface area contributed by atoms with E-state index in [1.165, 1.54) is 0 Å². The Kier molecular flexibility index (Phi) is 5.03. The van der Waals surface area contributed by atoms with Gasteiger partial charge in [-0.25, -0.2) is 4.98 Å². The lowest BCUT2D eigenvalue weighted by Crippen LogP contribution is -2.38. The van der Waals surface area contributed by atoms with Crippen molar-refractivity contribution in [2.24, 2.45) is 5.73 Å². The van der Waals surface area contributed by atoms with Gasteiger partial charge in [-0.15, -0.1) is 0 Å². The van der Waals surface area contributed by atoms with Gasteiger partial charge in [0.15, 0.2) is 0 Å². The quantitative estimate of drug-likeness (QED) is 0.767. The normalized spacial score (nSPS) is 10.2. The number of carbonyl (C=O) groups excluding carboxylic acids is 1. The van der Waals surface area contributed by atoms with Crippen LogP contribution < -0.4 is 16.0 Å². The number of hydrogen-bond acceptors (Lipinski definition) is 4. The summed E-state index contributed by atoms with van der Waals surface area (Å²) in [5.74, 6) is 0.668. The predicted molar refractivity (Wildman–Crippen MR) is 76.7 cm³/mol. The molecule has 1 aromatic heterocycles. The first kappa shape index (κ1) is 14.4. The zero-order chi connectivity index (χ0) is 13.7. The van der Waals surface area contributed by atoms with E-state index < -0.39 is 0 Å². The average molecular weight is 266 g/mol. The van der Waals surface area contributed by atoms with E-state index in [0.29, 0.717) is 16.4 Å². The molecule has 0 radical (unpaired) electrons. The number of likely N-dealkylation sites (N-methyl/N-ethyl adjacent to an activating group) is 1. The topological polar surface area (TPSA) is 71.2 Å². The van der Waals surface area contributed by atoms with Gasteiger partial charge in [0.1, 0.15) is 10.8 Å². The van der Waals surface area contributed by atoms with Crippen molar-refractivity contribution in [3.05, 3.63) is 23.9 Å². The highest BCUT2D eigenvalue weighted by molar-refractivity contribution is 7.80. The maximum atomic E-state index is 11.6. The molecule has 0 fully saturated rings. The van der Waals surface area contributed by atoms with Crippen molar-refractivity contribution >= 4 is 28.9 Å². The summed E-state index contributed by atoms with van der Waals surface area (Å²) in [5, 5.41) is 2.82. The van der Waals surface area contributed by atoms with Gasteiger partial charge in [-0.05, 0) is 26.0 Å². The number of rotatable bonds is 5. The Morgan fingerprint density at radius 2 is 2.22 bits per heavy atom. The number of hydrogen-bond donors (Lipinski definition) is 2. The van der Waals surface area contributed by atoms with Crippen LogP contribution in [0.15, 0.2) is 18.3 Å². The van der Waals surface area contributed by atoms with Gasteiger partial charge >= 0.3 is 0 Å². The lowest BCUT2D eigenvalue weighted by atomic mass is 10.3. The van der Waals surface area contributed by atoms with Crippen molar-refractivity contribution < 1.29 is 4.79 Å². The van der Waals surface area contributed by atoms with E-state index in [1.54, 1.807) is 23.2 Å². The van der Waals surface area contributed by atoms with E-state index in [4.69, 9.17) is 18.0 Å². The monoisotopic (exact) mass is 266 g/mol. The molecule has 6 heteroatoms. The van der Waals surface area contributed by atoms with Crippen molar-refractivity contribution in [1.82, 2.24) is 10.3 Å². The first-order valence-electron chi connectivity index (χ1n) is 5.66. The molecule has 0 spiro atoms. The molecule has 5 nitrogen and oxygen atoms in total. The van der Waals surface area contributed by atoms with Crippen LogP contribution in [0.4, 0.5) is 5.82 Å². The molecule has 0 unspecified atom stereocenters. The van der Waals surface area contributed by atoms with E-state index in [-0.39, 0.29) is 18.5 Å². The van der Waals surface area contributed by atoms with Crippen LogP contribution in [0.5, 0.6) is 0 Å². The van der Waals surface area contributed by atoms with E-state index in [1.807, 2.05) is 20.9 Å². The standard InChI is InChI=1S/C12H18N4OS/c1-8(2)15-11(17)7-16(3)10-5-4-9(6-14-10)12(13)18/h4-6,8H,7H2,1-3H3,(H2,13,18)(H,15,17). The number of amides is 1. The number of nitrogens with one attached hydrogen (secondary N) is 1. The van der Waals surface area contributed by atoms with Crippen molar-refractivity contribution in [2.75, 3.05) is 18.5 Å². The van der Waals surface area contributed by atoms with Crippen LogP contribution in [0, 0.1) is 0 Å². The van der Waals surface area contributed by atoms with Gasteiger partial charge in [-0.3, -0.25) is 4.79 Å². The van der Waals surface area contributed by atoms with E-state index >= 15 is 0 Å². The second-order valence-corrected chi connectivity index (χ2v) is 4.79. The Balaban J connectivity index is 2.64. The van der Waals surface area contributed by atoms with Crippen LogP contribution >= 0.6 is 12.2 Å². The number of aromatic nitrogens is 1. The van der Waals surface area contributed by atoms with Gasteiger partial charge < -0.3 is 16.0 Å². The summed E-state index contributed by atoms with van der Waals surface area (Å²) >= 11 is 4.85. The highest BCUT2D eigenvalue weighted by Gasteiger charge is 2.09. The molecule has 0 aliphatic rings. The molecule has 0 atom stereocenters. The maximum Gasteiger partial charge on any atom is 0.239 e. The first-order valence-corrected chi connectivity index (χ1v) is 6.07. The lowest BCUT2D eigenvalue weighted by molar-refractivity contribution is -0.120. The zero-order valence-corrected chi connectivity index (χ0v) is 11.6. The Hall–Kier alpha value is -1.69. The highest BCUT2D eigenvalue weighted by atomic mass is 32.1. The molecule has 0 aliphatic heterocycles. The van der Waals surface area contributed by atoms with Crippen molar-refractivity contribution in [3.8, 4) is 0 Å². The number of pyridine rings is 1. The number of anilines is 1. The second kappa shape index (κ2) is 6.30.